The number of benzene rings is 1. The Balaban J connectivity index is 2.38. The Bertz CT molecular complexity index is 599. The van der Waals surface area contributed by atoms with E-state index in [0.717, 1.165) is 6.07 Å². The van der Waals surface area contributed by atoms with Gasteiger partial charge in [-0.15, -0.1) is 0 Å². The summed E-state index contributed by atoms with van der Waals surface area (Å²) in [5.74, 6) is -1.88. The largest absolute Gasteiger partial charge is 0.328 e. The molecule has 0 amide bonds. The number of halogens is 3. The van der Waals surface area contributed by atoms with Crippen molar-refractivity contribution in [2.75, 3.05) is 13.1 Å². The maximum absolute atomic E-state index is 13.8. The van der Waals surface area contributed by atoms with Gasteiger partial charge in [0.05, 0.1) is 0 Å². The lowest BCUT2D eigenvalue weighted by atomic mass is 10.0. The van der Waals surface area contributed by atoms with Gasteiger partial charge in [-0.1, -0.05) is 0 Å². The summed E-state index contributed by atoms with van der Waals surface area (Å²) >= 11 is 2.91. The van der Waals surface area contributed by atoms with Crippen LogP contribution < -0.4 is 5.73 Å². The predicted octanol–water partition coefficient (Wildman–Crippen LogP) is 2.09. The lowest BCUT2D eigenvalue weighted by molar-refractivity contribution is 0.425. The topological polar surface area (TPSA) is 63.4 Å². The van der Waals surface area contributed by atoms with Crippen LogP contribution in [-0.4, -0.2) is 31.9 Å². The quantitative estimate of drug-likeness (QED) is 0.888. The highest BCUT2D eigenvalue weighted by atomic mass is 79.9. The van der Waals surface area contributed by atoms with Crippen molar-refractivity contribution in [3.05, 3.63) is 28.2 Å². The molecule has 1 aromatic rings. The molecule has 0 spiro atoms. The third-order valence-corrected chi connectivity index (χ3v) is 6.32. The van der Waals surface area contributed by atoms with Crippen LogP contribution in [0.5, 0.6) is 0 Å². The van der Waals surface area contributed by atoms with Crippen molar-refractivity contribution in [3.63, 3.8) is 0 Å². The van der Waals surface area contributed by atoms with Gasteiger partial charge in [0, 0.05) is 29.7 Å². The molecule has 1 aromatic carbocycles. The first-order valence-electron chi connectivity index (χ1n) is 6.13. The molecule has 0 aromatic heterocycles. The van der Waals surface area contributed by atoms with Gasteiger partial charge in [-0.2, -0.15) is 4.31 Å². The minimum Gasteiger partial charge on any atom is -0.328 e. The van der Waals surface area contributed by atoms with E-state index in [9.17, 15) is 17.2 Å². The molecule has 1 saturated heterocycles. The molecule has 0 radical (unpaired) electrons. The minimum absolute atomic E-state index is 0.0482. The fraction of sp³-hybridized carbons (Fsp3) is 0.500. The molecule has 2 unspecified atom stereocenters. The molecule has 20 heavy (non-hydrogen) atoms. The standard InChI is InChI=1S/C12H15BrF2N2O2S/c1-7(16)8-2-3-17(6-8)20(18,19)12-10(13)4-9(14)5-11(12)15/h4-5,7-8H,2-3,6,16H2,1H3. The number of nitrogens with two attached hydrogens (primary N) is 1. The molecule has 2 atom stereocenters. The Morgan fingerprint density at radius 2 is 2.10 bits per heavy atom. The summed E-state index contributed by atoms with van der Waals surface area (Å²) in [6.45, 7) is 2.36. The second kappa shape index (κ2) is 5.67. The molecule has 1 aliphatic rings. The highest BCUT2D eigenvalue weighted by Crippen LogP contribution is 2.32. The van der Waals surface area contributed by atoms with Crippen molar-refractivity contribution in [1.82, 2.24) is 4.31 Å². The van der Waals surface area contributed by atoms with E-state index in [1.807, 2.05) is 6.92 Å². The lowest BCUT2D eigenvalue weighted by Crippen LogP contribution is -2.33. The number of hydrogen-bond donors (Lipinski definition) is 1. The number of hydrogen-bond acceptors (Lipinski definition) is 3. The summed E-state index contributed by atoms with van der Waals surface area (Å²) in [6, 6.07) is 1.38. The monoisotopic (exact) mass is 368 g/mol. The van der Waals surface area contributed by atoms with Crippen molar-refractivity contribution in [1.29, 1.82) is 0 Å². The molecule has 0 bridgehead atoms. The Morgan fingerprint density at radius 3 is 2.60 bits per heavy atom. The van der Waals surface area contributed by atoms with Gasteiger partial charge < -0.3 is 5.73 Å². The van der Waals surface area contributed by atoms with Crippen LogP contribution in [-0.2, 0) is 10.0 Å². The molecule has 4 nitrogen and oxygen atoms in total. The fourth-order valence-corrected chi connectivity index (χ4v) is 4.93. The van der Waals surface area contributed by atoms with Gasteiger partial charge in [0.15, 0.2) is 0 Å². The minimum atomic E-state index is -3.99. The predicted molar refractivity (Wildman–Crippen MR) is 74.6 cm³/mol. The van der Waals surface area contributed by atoms with Crippen LogP contribution in [0.3, 0.4) is 0 Å². The molecular formula is C12H15BrF2N2O2S. The molecule has 1 aliphatic heterocycles. The van der Waals surface area contributed by atoms with Gasteiger partial charge in [0.1, 0.15) is 16.5 Å². The van der Waals surface area contributed by atoms with Gasteiger partial charge >= 0.3 is 0 Å². The number of nitrogens with zero attached hydrogens (tertiary/aromatic N) is 1. The van der Waals surface area contributed by atoms with Crippen LogP contribution in [0.4, 0.5) is 8.78 Å². The van der Waals surface area contributed by atoms with Crippen LogP contribution >= 0.6 is 15.9 Å². The van der Waals surface area contributed by atoms with Crippen molar-refractivity contribution in [2.24, 2.45) is 11.7 Å². The average molecular weight is 369 g/mol. The first-order valence-corrected chi connectivity index (χ1v) is 8.37. The molecule has 1 fully saturated rings. The van der Waals surface area contributed by atoms with Gasteiger partial charge in [-0.05, 0) is 41.3 Å². The molecule has 2 N–H and O–H groups in total. The fourth-order valence-electron chi connectivity index (χ4n) is 2.31. The van der Waals surface area contributed by atoms with Crippen LogP contribution in [0.15, 0.2) is 21.5 Å². The zero-order valence-electron chi connectivity index (χ0n) is 10.8. The Morgan fingerprint density at radius 1 is 1.45 bits per heavy atom. The zero-order valence-corrected chi connectivity index (χ0v) is 13.2. The van der Waals surface area contributed by atoms with Crippen LogP contribution in [0, 0.1) is 17.6 Å². The first-order chi connectivity index (χ1) is 9.23. The smallest absolute Gasteiger partial charge is 0.247 e. The van der Waals surface area contributed by atoms with Crippen molar-refractivity contribution in [3.8, 4) is 0 Å². The normalized spacial score (nSPS) is 22.1. The lowest BCUT2D eigenvalue weighted by Gasteiger charge is -2.19. The maximum Gasteiger partial charge on any atom is 0.247 e. The van der Waals surface area contributed by atoms with E-state index in [1.165, 1.54) is 4.31 Å². The number of rotatable bonds is 3. The number of sulfonamides is 1. The van der Waals surface area contributed by atoms with E-state index in [4.69, 9.17) is 5.73 Å². The molecule has 0 aliphatic carbocycles. The summed E-state index contributed by atoms with van der Waals surface area (Å²) in [6.07, 6.45) is 0.636. The molecular weight excluding hydrogens is 354 g/mol. The van der Waals surface area contributed by atoms with Crippen molar-refractivity contribution >= 4 is 26.0 Å². The van der Waals surface area contributed by atoms with Gasteiger partial charge in [-0.3, -0.25) is 0 Å². The van der Waals surface area contributed by atoms with Crippen molar-refractivity contribution < 1.29 is 17.2 Å². The summed E-state index contributed by atoms with van der Waals surface area (Å²) in [7, 11) is -3.99. The summed E-state index contributed by atoms with van der Waals surface area (Å²) in [4.78, 5) is -0.524. The van der Waals surface area contributed by atoms with E-state index < -0.39 is 26.6 Å². The van der Waals surface area contributed by atoms with E-state index in [1.54, 1.807) is 0 Å². The summed E-state index contributed by atoms with van der Waals surface area (Å²) in [5.41, 5.74) is 5.77. The molecule has 8 heteroatoms. The van der Waals surface area contributed by atoms with Gasteiger partial charge in [0.2, 0.25) is 10.0 Å². The van der Waals surface area contributed by atoms with E-state index in [2.05, 4.69) is 15.9 Å². The highest BCUT2D eigenvalue weighted by Gasteiger charge is 2.36. The molecule has 112 valence electrons. The highest BCUT2D eigenvalue weighted by molar-refractivity contribution is 9.10. The molecule has 0 saturated carbocycles. The van der Waals surface area contributed by atoms with E-state index >= 15 is 0 Å². The van der Waals surface area contributed by atoms with Gasteiger partial charge in [0.25, 0.3) is 0 Å². The SMILES string of the molecule is CC(N)C1CCN(S(=O)(=O)c2c(F)cc(F)cc2Br)C1. The summed E-state index contributed by atoms with van der Waals surface area (Å²) in [5, 5.41) is 0. The van der Waals surface area contributed by atoms with Crippen LogP contribution in [0.25, 0.3) is 0 Å². The molecule has 1 heterocycles. The molecule has 2 rings (SSSR count). The third kappa shape index (κ3) is 2.88. The van der Waals surface area contributed by atoms with E-state index in [-0.39, 0.29) is 29.5 Å². The first kappa shape index (κ1) is 15.8. The van der Waals surface area contributed by atoms with Crippen molar-refractivity contribution in [2.45, 2.75) is 24.3 Å². The third-order valence-electron chi connectivity index (χ3n) is 3.49. The average Bonchev–Trinajstić information content (AvgIpc) is 2.76. The maximum atomic E-state index is 13.8. The Kier molecular flexibility index (Phi) is 4.48. The Hall–Kier alpha value is -0.570. The van der Waals surface area contributed by atoms with Crippen LogP contribution in [0.2, 0.25) is 0 Å². The second-order valence-electron chi connectivity index (χ2n) is 4.97. The second-order valence-corrected chi connectivity index (χ2v) is 7.70. The Labute approximate surface area is 125 Å². The van der Waals surface area contributed by atoms with E-state index in [0.29, 0.717) is 12.5 Å². The zero-order chi connectivity index (χ0) is 15.1. The van der Waals surface area contributed by atoms with Gasteiger partial charge in [-0.25, -0.2) is 17.2 Å². The van der Waals surface area contributed by atoms with Crippen LogP contribution in [0.1, 0.15) is 13.3 Å². The summed E-state index contributed by atoms with van der Waals surface area (Å²) < 4.78 is 52.8.